The van der Waals surface area contributed by atoms with Crippen molar-refractivity contribution < 1.29 is 9.90 Å². The van der Waals surface area contributed by atoms with Gasteiger partial charge in [-0.15, -0.1) is 0 Å². The summed E-state index contributed by atoms with van der Waals surface area (Å²) in [5.74, 6) is 0.878. The minimum absolute atomic E-state index is 0.0725. The first-order chi connectivity index (χ1) is 11.3. The van der Waals surface area contributed by atoms with Crippen molar-refractivity contribution in [3.05, 3.63) is 30.6 Å². The number of hydrogen-bond donors (Lipinski definition) is 3. The maximum atomic E-state index is 11.7. The number of aromatic nitrogens is 2. The molecule has 2 aromatic rings. The maximum absolute atomic E-state index is 11.7. The average Bonchev–Trinajstić information content (AvgIpc) is 2.58. The highest BCUT2D eigenvalue weighted by Gasteiger charge is 2.03. The zero-order valence-corrected chi connectivity index (χ0v) is 13.3. The third-order valence-electron chi connectivity index (χ3n) is 3.57. The molecule has 0 aliphatic heterocycles. The maximum Gasteiger partial charge on any atom is 0.220 e. The second kappa shape index (κ2) is 9.74. The van der Waals surface area contributed by atoms with Gasteiger partial charge in [0, 0.05) is 31.5 Å². The van der Waals surface area contributed by atoms with Crippen LogP contribution in [0.25, 0.3) is 10.9 Å². The van der Waals surface area contributed by atoms with Crippen LogP contribution in [0.4, 0.5) is 5.82 Å². The summed E-state index contributed by atoms with van der Waals surface area (Å²) in [6.07, 6.45) is 5.45. The van der Waals surface area contributed by atoms with Crippen LogP contribution in [0.3, 0.4) is 0 Å². The topological polar surface area (TPSA) is 87.1 Å². The molecule has 1 amide bonds. The van der Waals surface area contributed by atoms with Gasteiger partial charge in [0.1, 0.15) is 12.1 Å². The van der Waals surface area contributed by atoms with E-state index in [0.29, 0.717) is 19.5 Å². The number of benzene rings is 1. The molecule has 0 spiro atoms. The van der Waals surface area contributed by atoms with Crippen LogP contribution in [0.15, 0.2) is 30.6 Å². The van der Waals surface area contributed by atoms with Gasteiger partial charge < -0.3 is 15.7 Å². The normalized spacial score (nSPS) is 10.7. The predicted molar refractivity (Wildman–Crippen MR) is 91.2 cm³/mol. The predicted octanol–water partition coefficient (Wildman–Crippen LogP) is 2.10. The number of nitrogens with one attached hydrogen (secondary N) is 2. The molecule has 0 unspecified atom stereocenters. The zero-order valence-electron chi connectivity index (χ0n) is 13.3. The second-order valence-corrected chi connectivity index (χ2v) is 5.40. The van der Waals surface area contributed by atoms with Crippen LogP contribution in [0.1, 0.15) is 32.1 Å². The quantitative estimate of drug-likeness (QED) is 0.584. The number of carbonyl (C=O) groups excluding carboxylic acids is 1. The third kappa shape index (κ3) is 5.83. The van der Waals surface area contributed by atoms with Crippen LogP contribution in [0.5, 0.6) is 0 Å². The number of aliphatic hydroxyl groups is 1. The van der Waals surface area contributed by atoms with Gasteiger partial charge in [-0.3, -0.25) is 4.79 Å². The lowest BCUT2D eigenvalue weighted by Crippen LogP contribution is -2.24. The molecule has 0 saturated carbocycles. The molecule has 0 aliphatic rings. The van der Waals surface area contributed by atoms with E-state index in [9.17, 15) is 4.79 Å². The summed E-state index contributed by atoms with van der Waals surface area (Å²) in [6.45, 7) is 1.60. The fourth-order valence-corrected chi connectivity index (χ4v) is 2.33. The molecule has 0 saturated heterocycles. The Morgan fingerprint density at radius 2 is 1.91 bits per heavy atom. The summed E-state index contributed by atoms with van der Waals surface area (Å²) < 4.78 is 0. The lowest BCUT2D eigenvalue weighted by Gasteiger charge is -2.08. The van der Waals surface area contributed by atoms with Gasteiger partial charge in [0.25, 0.3) is 0 Å². The van der Waals surface area contributed by atoms with Gasteiger partial charge in [0.05, 0.1) is 5.52 Å². The first kappa shape index (κ1) is 17.1. The Labute approximate surface area is 136 Å². The summed E-state index contributed by atoms with van der Waals surface area (Å²) in [5.41, 5.74) is 0.908. The summed E-state index contributed by atoms with van der Waals surface area (Å²) in [6, 6.07) is 7.84. The first-order valence-electron chi connectivity index (χ1n) is 8.12. The lowest BCUT2D eigenvalue weighted by molar-refractivity contribution is -0.121. The number of rotatable bonds is 10. The van der Waals surface area contributed by atoms with Gasteiger partial charge in [-0.05, 0) is 37.8 Å². The number of hydrogen-bond acceptors (Lipinski definition) is 5. The minimum Gasteiger partial charge on any atom is -0.396 e. The van der Waals surface area contributed by atoms with Crippen LogP contribution >= 0.6 is 0 Å². The number of fused-ring (bicyclic) bond motifs is 1. The Bertz CT molecular complexity index is 613. The van der Waals surface area contributed by atoms with Crippen molar-refractivity contribution in [3.8, 4) is 0 Å². The molecule has 0 fully saturated rings. The van der Waals surface area contributed by atoms with Crippen molar-refractivity contribution in [2.24, 2.45) is 0 Å². The van der Waals surface area contributed by atoms with Crippen LogP contribution in [-0.2, 0) is 4.79 Å². The van der Waals surface area contributed by atoms with E-state index in [4.69, 9.17) is 5.11 Å². The first-order valence-corrected chi connectivity index (χ1v) is 8.12. The summed E-state index contributed by atoms with van der Waals surface area (Å²) in [5, 5.41) is 15.8. The molecule has 0 bridgehead atoms. The number of aliphatic hydroxyl groups excluding tert-OH is 1. The lowest BCUT2D eigenvalue weighted by atomic mass is 10.2. The van der Waals surface area contributed by atoms with Gasteiger partial charge in [-0.25, -0.2) is 9.97 Å². The number of amides is 1. The highest BCUT2D eigenvalue weighted by atomic mass is 16.2. The van der Waals surface area contributed by atoms with Crippen LogP contribution in [0.2, 0.25) is 0 Å². The molecule has 2 rings (SSSR count). The molecule has 23 heavy (non-hydrogen) atoms. The van der Waals surface area contributed by atoms with Gasteiger partial charge in [-0.1, -0.05) is 12.1 Å². The smallest absolute Gasteiger partial charge is 0.220 e. The Balaban J connectivity index is 1.66. The number of carbonyl (C=O) groups is 1. The number of unbranched alkanes of at least 4 members (excludes halogenated alkanes) is 2. The Morgan fingerprint density at radius 1 is 1.04 bits per heavy atom. The van der Waals surface area contributed by atoms with Gasteiger partial charge in [-0.2, -0.15) is 0 Å². The van der Waals surface area contributed by atoms with E-state index in [1.165, 1.54) is 0 Å². The molecule has 0 radical (unpaired) electrons. The number of para-hydroxylation sites is 1. The summed E-state index contributed by atoms with van der Waals surface area (Å²) in [4.78, 5) is 20.2. The molecular weight excluding hydrogens is 292 g/mol. The van der Waals surface area contributed by atoms with E-state index in [-0.39, 0.29) is 12.5 Å². The highest BCUT2D eigenvalue weighted by Crippen LogP contribution is 2.18. The minimum atomic E-state index is 0.0725. The fraction of sp³-hybridized carbons (Fsp3) is 0.471. The highest BCUT2D eigenvalue weighted by molar-refractivity contribution is 5.88. The molecule has 124 valence electrons. The SMILES string of the molecule is O=C(CCCNc1ncnc2ccccc12)NCCCCCO. The largest absolute Gasteiger partial charge is 0.396 e. The van der Waals surface area contributed by atoms with Crippen molar-refractivity contribution in [1.29, 1.82) is 0 Å². The molecule has 6 nitrogen and oxygen atoms in total. The molecular formula is C17H24N4O2. The molecule has 1 heterocycles. The number of anilines is 1. The molecule has 0 aliphatic carbocycles. The molecule has 0 atom stereocenters. The molecule has 1 aromatic carbocycles. The Kier molecular flexibility index (Phi) is 7.26. The number of nitrogens with zero attached hydrogens (tertiary/aromatic N) is 2. The van der Waals surface area contributed by atoms with Gasteiger partial charge >= 0.3 is 0 Å². The van der Waals surface area contributed by atoms with Crippen molar-refractivity contribution in [1.82, 2.24) is 15.3 Å². The van der Waals surface area contributed by atoms with E-state index in [0.717, 1.165) is 42.4 Å². The van der Waals surface area contributed by atoms with Crippen molar-refractivity contribution in [2.45, 2.75) is 32.1 Å². The average molecular weight is 316 g/mol. The van der Waals surface area contributed by atoms with Crippen LogP contribution in [0, 0.1) is 0 Å². The Morgan fingerprint density at radius 3 is 2.78 bits per heavy atom. The molecule has 3 N–H and O–H groups in total. The monoisotopic (exact) mass is 316 g/mol. The van der Waals surface area contributed by atoms with Crippen molar-refractivity contribution >= 4 is 22.6 Å². The van der Waals surface area contributed by atoms with Crippen LogP contribution in [-0.4, -0.2) is 40.7 Å². The fourth-order valence-electron chi connectivity index (χ4n) is 2.33. The van der Waals surface area contributed by atoms with E-state index < -0.39 is 0 Å². The summed E-state index contributed by atoms with van der Waals surface area (Å²) in [7, 11) is 0. The molecule has 1 aromatic heterocycles. The standard InChI is InChI=1S/C17H24N4O2/c22-12-5-1-4-10-18-16(23)9-6-11-19-17-14-7-2-3-8-15(14)20-13-21-17/h2-3,7-8,13,22H,1,4-6,9-12H2,(H,18,23)(H,19,20,21). The second-order valence-electron chi connectivity index (χ2n) is 5.40. The Hall–Kier alpha value is -2.21. The summed E-state index contributed by atoms with van der Waals surface area (Å²) >= 11 is 0. The zero-order chi connectivity index (χ0) is 16.3. The van der Waals surface area contributed by atoms with Crippen molar-refractivity contribution in [2.75, 3.05) is 25.0 Å². The third-order valence-corrected chi connectivity index (χ3v) is 3.57. The van der Waals surface area contributed by atoms with E-state index in [1.54, 1.807) is 6.33 Å². The van der Waals surface area contributed by atoms with Gasteiger partial charge in [0.15, 0.2) is 0 Å². The van der Waals surface area contributed by atoms with Gasteiger partial charge in [0.2, 0.25) is 5.91 Å². The van der Waals surface area contributed by atoms with E-state index in [2.05, 4.69) is 20.6 Å². The van der Waals surface area contributed by atoms with E-state index >= 15 is 0 Å². The van der Waals surface area contributed by atoms with Crippen LogP contribution < -0.4 is 10.6 Å². The molecule has 6 heteroatoms. The van der Waals surface area contributed by atoms with E-state index in [1.807, 2.05) is 24.3 Å². The van der Waals surface area contributed by atoms with Crippen molar-refractivity contribution in [3.63, 3.8) is 0 Å².